The Kier molecular flexibility index (Phi) is 1.75. The Balaban J connectivity index is 2.49. The number of quaternary nitrogens is 1. The van der Waals surface area contributed by atoms with Crippen molar-refractivity contribution in [1.29, 1.82) is 0 Å². The average Bonchev–Trinajstić information content (AvgIpc) is 1.77. The summed E-state index contributed by atoms with van der Waals surface area (Å²) in [6.07, 6.45) is 0.166. The smallest absolute Gasteiger partial charge is 0.164 e. The number of hydrogen-bond donors (Lipinski definition) is 1. The molecule has 1 rings (SSSR count). The molecule has 1 atom stereocenters. The van der Waals surface area contributed by atoms with Crippen LogP contribution in [0.15, 0.2) is 0 Å². The van der Waals surface area contributed by atoms with Crippen molar-refractivity contribution in [1.82, 2.24) is 0 Å². The van der Waals surface area contributed by atoms with Gasteiger partial charge in [0.1, 0.15) is 13.2 Å². The molecule has 54 valence electrons. The van der Waals surface area contributed by atoms with Crippen LogP contribution in [0, 0.1) is 0 Å². The molecule has 0 aliphatic carbocycles. The Morgan fingerprint density at radius 3 is 2.56 bits per heavy atom. The monoisotopic (exact) mass is 131 g/mol. The van der Waals surface area contributed by atoms with Crippen LogP contribution >= 0.6 is 0 Å². The van der Waals surface area contributed by atoms with Gasteiger partial charge in [-0.25, -0.2) is 0 Å². The second-order valence-corrected chi connectivity index (χ2v) is 3.14. The molecule has 0 aromatic rings. The van der Waals surface area contributed by atoms with Crippen LogP contribution in [0.2, 0.25) is 0 Å². The predicted molar refractivity (Wildman–Crippen MR) is 35.8 cm³/mol. The molecule has 1 saturated heterocycles. The van der Waals surface area contributed by atoms with E-state index in [1.165, 1.54) is 0 Å². The minimum absolute atomic E-state index is 0.166. The van der Waals surface area contributed by atoms with E-state index in [1.54, 1.807) is 0 Å². The second-order valence-electron chi connectivity index (χ2n) is 3.14. The maximum Gasteiger partial charge on any atom is 0.164 e. The van der Waals surface area contributed by atoms with E-state index in [0.29, 0.717) is 6.61 Å². The molecule has 1 aliphatic heterocycles. The molecule has 0 aromatic heterocycles. The Hall–Kier alpha value is -0.120. The summed E-state index contributed by atoms with van der Waals surface area (Å²) in [5, 5.41) is 0. The lowest BCUT2D eigenvalue weighted by Gasteiger charge is -2.38. The van der Waals surface area contributed by atoms with E-state index in [2.05, 4.69) is 14.1 Å². The summed E-state index contributed by atoms with van der Waals surface area (Å²) in [6.45, 7) is 2.58. The van der Waals surface area contributed by atoms with Crippen LogP contribution in [0.1, 0.15) is 0 Å². The van der Waals surface area contributed by atoms with Gasteiger partial charge in [0.05, 0.1) is 20.7 Å². The summed E-state index contributed by atoms with van der Waals surface area (Å²) in [6, 6.07) is 0. The van der Waals surface area contributed by atoms with E-state index >= 15 is 0 Å². The lowest BCUT2D eigenvalue weighted by molar-refractivity contribution is -0.922. The van der Waals surface area contributed by atoms with E-state index in [0.717, 1.165) is 17.6 Å². The van der Waals surface area contributed by atoms with Gasteiger partial charge in [-0.3, -0.25) is 5.73 Å². The van der Waals surface area contributed by atoms with E-state index < -0.39 is 0 Å². The van der Waals surface area contributed by atoms with Crippen LogP contribution in [-0.2, 0) is 4.74 Å². The van der Waals surface area contributed by atoms with Gasteiger partial charge in [0.15, 0.2) is 6.17 Å². The molecule has 1 heterocycles. The molecule has 3 nitrogen and oxygen atoms in total. The first kappa shape index (κ1) is 6.99. The first-order chi connectivity index (χ1) is 4.13. The first-order valence-corrected chi connectivity index (χ1v) is 3.29. The maximum absolute atomic E-state index is 5.76. The van der Waals surface area contributed by atoms with Crippen molar-refractivity contribution in [3.8, 4) is 0 Å². The van der Waals surface area contributed by atoms with Crippen molar-refractivity contribution in [3.05, 3.63) is 0 Å². The first-order valence-electron chi connectivity index (χ1n) is 3.29. The fourth-order valence-corrected chi connectivity index (χ4v) is 0.872. The van der Waals surface area contributed by atoms with Gasteiger partial charge in [-0.2, -0.15) is 0 Å². The highest BCUT2D eigenvalue weighted by atomic mass is 16.5. The maximum atomic E-state index is 5.76. The fourth-order valence-electron chi connectivity index (χ4n) is 0.872. The third kappa shape index (κ3) is 1.41. The Morgan fingerprint density at radius 2 is 2.22 bits per heavy atom. The van der Waals surface area contributed by atoms with Crippen molar-refractivity contribution < 1.29 is 9.22 Å². The largest absolute Gasteiger partial charge is 0.368 e. The summed E-state index contributed by atoms with van der Waals surface area (Å²) in [5.41, 5.74) is 5.76. The van der Waals surface area contributed by atoms with Gasteiger partial charge in [-0.15, -0.1) is 0 Å². The van der Waals surface area contributed by atoms with E-state index in [-0.39, 0.29) is 6.17 Å². The minimum Gasteiger partial charge on any atom is -0.368 e. The van der Waals surface area contributed by atoms with Crippen molar-refractivity contribution in [2.75, 3.05) is 33.9 Å². The summed E-state index contributed by atoms with van der Waals surface area (Å²) < 4.78 is 6.07. The SMILES string of the molecule is C[N+]1(C)CCOCC1N. The van der Waals surface area contributed by atoms with E-state index in [9.17, 15) is 0 Å². The Morgan fingerprint density at radius 1 is 1.56 bits per heavy atom. The number of nitrogens with zero attached hydrogens (tertiary/aromatic N) is 1. The molecule has 0 spiro atoms. The second kappa shape index (κ2) is 2.25. The minimum atomic E-state index is 0.166. The van der Waals surface area contributed by atoms with Gasteiger partial charge >= 0.3 is 0 Å². The highest BCUT2D eigenvalue weighted by Gasteiger charge is 2.28. The Labute approximate surface area is 56.0 Å². The molecular formula is C6H15N2O+. The average molecular weight is 131 g/mol. The molecule has 0 aromatic carbocycles. The predicted octanol–water partition coefficient (Wildman–Crippen LogP) is -0.622. The van der Waals surface area contributed by atoms with Gasteiger partial charge in [0, 0.05) is 0 Å². The highest BCUT2D eigenvalue weighted by molar-refractivity contribution is 4.51. The van der Waals surface area contributed by atoms with Crippen molar-refractivity contribution in [2.24, 2.45) is 5.73 Å². The van der Waals surface area contributed by atoms with Gasteiger partial charge in [0.2, 0.25) is 0 Å². The molecule has 0 amide bonds. The lowest BCUT2D eigenvalue weighted by Crippen LogP contribution is -2.60. The molecule has 1 unspecified atom stereocenters. The van der Waals surface area contributed by atoms with Gasteiger partial charge in [0.25, 0.3) is 0 Å². The number of ether oxygens (including phenoxy) is 1. The third-order valence-electron chi connectivity index (χ3n) is 2.00. The standard InChI is InChI=1S/C6H15N2O/c1-8(2)3-4-9-5-6(8)7/h6H,3-5,7H2,1-2H3/q+1. The van der Waals surface area contributed by atoms with Crippen molar-refractivity contribution in [2.45, 2.75) is 6.17 Å². The number of rotatable bonds is 0. The van der Waals surface area contributed by atoms with Crippen LogP contribution in [0.5, 0.6) is 0 Å². The van der Waals surface area contributed by atoms with Gasteiger partial charge in [-0.05, 0) is 0 Å². The molecule has 2 N–H and O–H groups in total. The van der Waals surface area contributed by atoms with Crippen LogP contribution in [-0.4, -0.2) is 44.5 Å². The summed E-state index contributed by atoms with van der Waals surface area (Å²) >= 11 is 0. The van der Waals surface area contributed by atoms with Crippen molar-refractivity contribution in [3.63, 3.8) is 0 Å². The lowest BCUT2D eigenvalue weighted by atomic mass is 10.3. The zero-order valence-electron chi connectivity index (χ0n) is 6.13. The number of likely N-dealkylation sites (N-methyl/N-ethyl adjacent to an activating group) is 1. The molecule has 1 fully saturated rings. The Bertz CT molecular complexity index is 103. The van der Waals surface area contributed by atoms with Gasteiger partial charge < -0.3 is 9.22 Å². The quantitative estimate of drug-likeness (QED) is 0.445. The van der Waals surface area contributed by atoms with Gasteiger partial charge in [-0.1, -0.05) is 0 Å². The number of nitrogens with two attached hydrogens (primary N) is 1. The van der Waals surface area contributed by atoms with Crippen LogP contribution < -0.4 is 5.73 Å². The molecule has 1 aliphatic rings. The zero-order valence-corrected chi connectivity index (χ0v) is 6.13. The van der Waals surface area contributed by atoms with Crippen molar-refractivity contribution >= 4 is 0 Å². The summed E-state index contributed by atoms with van der Waals surface area (Å²) in [4.78, 5) is 0. The zero-order chi connectivity index (χ0) is 6.91. The highest BCUT2D eigenvalue weighted by Crippen LogP contribution is 2.06. The number of morpholine rings is 1. The summed E-state index contributed by atoms with van der Waals surface area (Å²) in [7, 11) is 4.26. The molecule has 3 heteroatoms. The normalized spacial score (nSPS) is 34.3. The molecule has 0 radical (unpaired) electrons. The molecular weight excluding hydrogens is 116 g/mol. The molecule has 0 saturated carbocycles. The number of hydrogen-bond acceptors (Lipinski definition) is 2. The topological polar surface area (TPSA) is 35.2 Å². The third-order valence-corrected chi connectivity index (χ3v) is 2.00. The fraction of sp³-hybridized carbons (Fsp3) is 1.00. The summed E-state index contributed by atoms with van der Waals surface area (Å²) in [5.74, 6) is 0. The molecule has 0 bridgehead atoms. The van der Waals surface area contributed by atoms with Crippen LogP contribution in [0.4, 0.5) is 0 Å². The van der Waals surface area contributed by atoms with E-state index in [1.807, 2.05) is 0 Å². The van der Waals surface area contributed by atoms with Crippen LogP contribution in [0.3, 0.4) is 0 Å². The van der Waals surface area contributed by atoms with Crippen LogP contribution in [0.25, 0.3) is 0 Å². The molecule has 9 heavy (non-hydrogen) atoms. The van der Waals surface area contributed by atoms with E-state index in [4.69, 9.17) is 10.5 Å².